The molecule has 65 heavy (non-hydrogen) atoms. The number of guanidine groups is 1. The smallest absolute Gasteiger partial charge is 0.326 e. The van der Waals surface area contributed by atoms with Crippen molar-refractivity contribution in [1.82, 2.24) is 47.2 Å². The number of carboxylic acids is 2. The first-order valence-electron chi connectivity index (χ1n) is 19.9. The summed E-state index contributed by atoms with van der Waals surface area (Å²) in [5, 5.41) is 64.3. The maximum atomic E-state index is 13.9. The van der Waals surface area contributed by atoms with Gasteiger partial charge in [0.15, 0.2) is 5.96 Å². The minimum Gasteiger partial charge on any atom is -0.481 e. The number of imidazole rings is 1. The van der Waals surface area contributed by atoms with Crippen LogP contribution in [0.4, 0.5) is 0 Å². The molecule has 0 bridgehead atoms. The Labute approximate surface area is 371 Å². The minimum absolute atomic E-state index is 0.00835. The molecule has 1 aromatic heterocycles. The predicted molar refractivity (Wildman–Crippen MR) is 223 cm³/mol. The third kappa shape index (κ3) is 20.8. The molecule has 21 N–H and O–H groups in total. The number of aromatic amines is 1. The number of hydrogen-bond acceptors (Lipinski definition) is 16. The molecule has 0 spiro atoms. The number of aliphatic carboxylic acids is 2. The van der Waals surface area contributed by atoms with Crippen molar-refractivity contribution in [1.29, 1.82) is 0 Å². The van der Waals surface area contributed by atoms with Crippen molar-refractivity contribution < 1.29 is 73.5 Å². The summed E-state index contributed by atoms with van der Waals surface area (Å²) in [6.07, 6.45) is -1.59. The van der Waals surface area contributed by atoms with Crippen molar-refractivity contribution in [2.45, 2.75) is 114 Å². The van der Waals surface area contributed by atoms with Gasteiger partial charge in [-0.1, -0.05) is 13.8 Å². The number of carboxylic acid groups (broad SMARTS) is 2. The normalized spacial score (nSPS) is 15.1. The highest BCUT2D eigenvalue weighted by Gasteiger charge is 2.36. The van der Waals surface area contributed by atoms with Gasteiger partial charge in [0, 0.05) is 24.9 Å². The van der Waals surface area contributed by atoms with Crippen LogP contribution in [0.25, 0.3) is 0 Å². The van der Waals surface area contributed by atoms with Gasteiger partial charge in [-0.05, 0) is 32.1 Å². The van der Waals surface area contributed by atoms with Gasteiger partial charge in [-0.2, -0.15) is 0 Å². The number of nitrogens with one attached hydrogen (secondary N) is 8. The van der Waals surface area contributed by atoms with Crippen molar-refractivity contribution >= 4 is 65.2 Å². The van der Waals surface area contributed by atoms with Gasteiger partial charge >= 0.3 is 11.9 Å². The fraction of sp³-hybridized carbons (Fsp3) is 0.611. The summed E-state index contributed by atoms with van der Waals surface area (Å²) in [4.78, 5) is 138. The Hall–Kier alpha value is -6.98. The van der Waals surface area contributed by atoms with E-state index >= 15 is 0 Å². The summed E-state index contributed by atoms with van der Waals surface area (Å²) in [7, 11) is 0. The average Bonchev–Trinajstić information content (AvgIpc) is 3.73. The van der Waals surface area contributed by atoms with Crippen molar-refractivity contribution in [3.05, 3.63) is 18.2 Å². The highest BCUT2D eigenvalue weighted by molar-refractivity contribution is 5.99. The van der Waals surface area contributed by atoms with Crippen LogP contribution in [0.3, 0.4) is 0 Å². The molecule has 29 nitrogen and oxygen atoms in total. The molecule has 364 valence electrons. The Balaban J connectivity index is 3.39. The number of hydrogen-bond donors (Lipinski definition) is 17. The molecule has 8 amide bonds. The van der Waals surface area contributed by atoms with E-state index in [4.69, 9.17) is 22.9 Å². The van der Waals surface area contributed by atoms with Crippen LogP contribution < -0.4 is 60.2 Å². The lowest BCUT2D eigenvalue weighted by Crippen LogP contribution is -2.62. The van der Waals surface area contributed by atoms with Crippen molar-refractivity contribution in [2.24, 2.45) is 33.8 Å². The number of aliphatic imine (C=N–C) groups is 1. The van der Waals surface area contributed by atoms with E-state index in [-0.39, 0.29) is 49.8 Å². The van der Waals surface area contributed by atoms with Crippen LogP contribution in [0.2, 0.25) is 0 Å². The molecule has 0 fully saturated rings. The van der Waals surface area contributed by atoms with Gasteiger partial charge in [-0.3, -0.25) is 48.1 Å². The van der Waals surface area contributed by atoms with Crippen molar-refractivity contribution in [2.75, 3.05) is 19.8 Å². The monoisotopic (exact) mass is 928 g/mol. The first-order chi connectivity index (χ1) is 30.4. The fourth-order valence-corrected chi connectivity index (χ4v) is 5.65. The molecule has 0 unspecified atom stereocenters. The lowest BCUT2D eigenvalue weighted by Gasteiger charge is -2.28. The fourth-order valence-electron chi connectivity index (χ4n) is 5.65. The van der Waals surface area contributed by atoms with E-state index in [2.05, 4.69) is 46.9 Å². The van der Waals surface area contributed by atoms with E-state index in [0.717, 1.165) is 6.92 Å². The van der Waals surface area contributed by atoms with E-state index in [1.165, 1.54) is 12.5 Å². The second kappa shape index (κ2) is 27.9. The first kappa shape index (κ1) is 56.0. The molecule has 0 aliphatic rings. The number of nitrogens with zero attached hydrogens (tertiary/aromatic N) is 2. The van der Waals surface area contributed by atoms with Crippen LogP contribution in [0.1, 0.15) is 58.6 Å². The summed E-state index contributed by atoms with van der Waals surface area (Å²) >= 11 is 0. The largest absolute Gasteiger partial charge is 0.481 e. The lowest BCUT2D eigenvalue weighted by atomic mass is 10.0. The summed E-state index contributed by atoms with van der Waals surface area (Å²) < 4.78 is 0. The quantitative estimate of drug-likeness (QED) is 0.0193. The van der Waals surface area contributed by atoms with Crippen LogP contribution in [0.5, 0.6) is 0 Å². The number of aliphatic hydroxyl groups is 3. The Bertz CT molecular complexity index is 1840. The van der Waals surface area contributed by atoms with E-state index in [1.807, 2.05) is 5.32 Å². The minimum atomic E-state index is -1.98. The zero-order chi connectivity index (χ0) is 49.6. The van der Waals surface area contributed by atoms with Gasteiger partial charge in [-0.15, -0.1) is 0 Å². The number of primary amides is 1. The predicted octanol–water partition coefficient (Wildman–Crippen LogP) is -8.43. The lowest BCUT2D eigenvalue weighted by molar-refractivity contribution is -0.144. The summed E-state index contributed by atoms with van der Waals surface area (Å²) in [5.41, 5.74) is 21.5. The zero-order valence-corrected chi connectivity index (χ0v) is 35.8. The van der Waals surface area contributed by atoms with Crippen LogP contribution in [0.15, 0.2) is 17.5 Å². The molecule has 0 aliphatic heterocycles. The molecule has 0 saturated heterocycles. The van der Waals surface area contributed by atoms with Crippen LogP contribution in [-0.4, -0.2) is 175 Å². The molecule has 0 saturated carbocycles. The number of amides is 8. The number of nitrogens with two attached hydrogens (primary N) is 4. The second-order valence-corrected chi connectivity index (χ2v) is 15.0. The van der Waals surface area contributed by atoms with Gasteiger partial charge in [0.05, 0.1) is 38.5 Å². The van der Waals surface area contributed by atoms with Crippen LogP contribution in [0, 0.1) is 5.92 Å². The van der Waals surface area contributed by atoms with E-state index in [1.54, 1.807) is 13.8 Å². The molecular formula is C36H60N14O15. The Morgan fingerprint density at radius 1 is 0.677 bits per heavy atom. The van der Waals surface area contributed by atoms with Crippen molar-refractivity contribution in [3.63, 3.8) is 0 Å². The molecule has 9 atom stereocenters. The summed E-state index contributed by atoms with van der Waals surface area (Å²) in [6.45, 7) is 2.53. The van der Waals surface area contributed by atoms with E-state index < -0.39 is 140 Å². The number of rotatable bonds is 30. The highest BCUT2D eigenvalue weighted by Crippen LogP contribution is 2.10. The van der Waals surface area contributed by atoms with Gasteiger partial charge in [-0.25, -0.2) is 9.78 Å². The van der Waals surface area contributed by atoms with Crippen molar-refractivity contribution in [3.8, 4) is 0 Å². The van der Waals surface area contributed by atoms with Gasteiger partial charge in [0.25, 0.3) is 0 Å². The van der Waals surface area contributed by atoms with E-state index in [9.17, 15) is 73.5 Å². The summed E-state index contributed by atoms with van der Waals surface area (Å²) in [5.74, 6) is -12.8. The Morgan fingerprint density at radius 3 is 1.71 bits per heavy atom. The maximum absolute atomic E-state index is 13.9. The summed E-state index contributed by atoms with van der Waals surface area (Å²) in [6, 6.07) is -13.5. The second-order valence-electron chi connectivity index (χ2n) is 15.0. The third-order valence-corrected chi connectivity index (χ3v) is 8.97. The number of H-pyrrole nitrogens is 1. The van der Waals surface area contributed by atoms with Gasteiger partial charge in [0.1, 0.15) is 48.3 Å². The topological polar surface area (TPSA) is 501 Å². The first-order valence-corrected chi connectivity index (χ1v) is 19.9. The molecule has 1 rings (SSSR count). The number of carbonyl (C=O) groups is 10. The standard InChI is InChI=1S/C36H60N14O15/c1-15(2)7-20(32(61)50-27(16(3)53)34(63)48-23(35(64)65)9-25(38)54)45-30(59)21(8-17-11-41-14-43-17)46-31(60)22(10-26(55)56)47-33(62)24(13-52)49-29(58)19(5-4-6-42-36(39)40)44-28(57)18(37)12-51/h11,14-16,18-24,27,51-53H,4-10,12-13,37H2,1-3H3,(H2,38,54)(H,41,43)(H,44,57)(H,45,59)(H,46,60)(H,47,62)(H,48,63)(H,49,58)(H,50,61)(H,55,56)(H,64,65)(H4,39,40,42)/t16-,18+,19+,20+,21+,22+,23+,24+,27+/m1/s1. The maximum Gasteiger partial charge on any atom is 0.326 e. The number of aromatic nitrogens is 2. The Kier molecular flexibility index (Phi) is 24.1. The van der Waals surface area contributed by atoms with Crippen LogP contribution >= 0.6 is 0 Å². The molecule has 29 heteroatoms. The highest BCUT2D eigenvalue weighted by atomic mass is 16.4. The van der Waals surface area contributed by atoms with Gasteiger partial charge < -0.3 is 90.7 Å². The Morgan fingerprint density at radius 2 is 1.20 bits per heavy atom. The molecule has 1 heterocycles. The molecular weight excluding hydrogens is 868 g/mol. The van der Waals surface area contributed by atoms with Crippen LogP contribution in [-0.2, 0) is 54.4 Å². The molecule has 0 radical (unpaired) electrons. The zero-order valence-electron chi connectivity index (χ0n) is 35.8. The SMILES string of the molecule is CC(C)C[C@H](NC(=O)[C@H](Cc1cnc[nH]1)NC(=O)[C@H](CC(=O)O)NC(=O)[C@H](CO)NC(=O)[C@H](CCCN=C(N)N)NC(=O)[C@@H](N)CO)C(=O)N[C@H](C(=O)N[C@@H](CC(N)=O)C(=O)O)[C@@H](C)O. The number of carbonyl (C=O) groups excluding carboxylic acids is 8. The molecule has 0 aromatic carbocycles. The average molecular weight is 929 g/mol. The van der Waals surface area contributed by atoms with E-state index in [0.29, 0.717) is 0 Å². The molecule has 1 aromatic rings. The molecule has 0 aliphatic carbocycles. The van der Waals surface area contributed by atoms with Gasteiger partial charge in [0.2, 0.25) is 47.3 Å². The third-order valence-electron chi connectivity index (χ3n) is 8.97. The number of aliphatic hydroxyl groups excluding tert-OH is 3.